The number of rotatable bonds is 6. The first-order valence-corrected chi connectivity index (χ1v) is 11.0. The molecule has 8 heteroatoms. The average Bonchev–Trinajstić information content (AvgIpc) is 2.89. The molecule has 0 bridgehead atoms. The van der Waals surface area contributed by atoms with Crippen LogP contribution in [-0.2, 0) is 18.9 Å². The number of carbonyl (C=O) groups is 3. The SMILES string of the molecule is C[C@@H]1O[C@@H](F)[C@H](OC(=O)c2ccccc2)[C@H](OC(=O)c2ccccc2)[C@H]1OC(=O)c1ccccc1. The lowest BCUT2D eigenvalue weighted by atomic mass is 9.99. The van der Waals surface area contributed by atoms with Gasteiger partial charge in [0, 0.05) is 0 Å². The van der Waals surface area contributed by atoms with Gasteiger partial charge in [0.15, 0.2) is 18.3 Å². The third kappa shape index (κ3) is 5.73. The number of esters is 3. The van der Waals surface area contributed by atoms with Crippen molar-refractivity contribution in [3.63, 3.8) is 0 Å². The van der Waals surface area contributed by atoms with Crippen molar-refractivity contribution in [1.82, 2.24) is 0 Å². The van der Waals surface area contributed by atoms with Crippen LogP contribution < -0.4 is 0 Å². The Morgan fingerprint density at radius 2 is 0.943 bits per heavy atom. The van der Waals surface area contributed by atoms with Gasteiger partial charge in [0.2, 0.25) is 6.36 Å². The van der Waals surface area contributed by atoms with Crippen LogP contribution in [0.3, 0.4) is 0 Å². The number of ether oxygens (including phenoxy) is 4. The van der Waals surface area contributed by atoms with Gasteiger partial charge in [0.05, 0.1) is 22.8 Å². The number of benzene rings is 3. The van der Waals surface area contributed by atoms with Crippen molar-refractivity contribution in [2.75, 3.05) is 0 Å². The summed E-state index contributed by atoms with van der Waals surface area (Å²) in [5.41, 5.74) is 0.612. The molecule has 0 N–H and O–H groups in total. The molecule has 0 aliphatic carbocycles. The van der Waals surface area contributed by atoms with E-state index in [1.807, 2.05) is 0 Å². The van der Waals surface area contributed by atoms with Gasteiger partial charge in [0.25, 0.3) is 0 Å². The molecule has 3 aromatic carbocycles. The molecule has 0 unspecified atom stereocenters. The van der Waals surface area contributed by atoms with Gasteiger partial charge in [-0.25, -0.2) is 18.8 Å². The highest BCUT2D eigenvalue weighted by Crippen LogP contribution is 2.30. The molecule has 0 aromatic heterocycles. The minimum Gasteiger partial charge on any atom is -0.452 e. The molecular formula is C27H23FO7. The molecule has 0 radical (unpaired) electrons. The molecule has 3 aromatic rings. The summed E-state index contributed by atoms with van der Waals surface area (Å²) >= 11 is 0. The quantitative estimate of drug-likeness (QED) is 0.384. The van der Waals surface area contributed by atoms with Crippen molar-refractivity contribution < 1.29 is 37.7 Å². The van der Waals surface area contributed by atoms with E-state index in [1.54, 1.807) is 66.7 Å². The highest BCUT2D eigenvalue weighted by Gasteiger charge is 2.51. The minimum atomic E-state index is -2.13. The topological polar surface area (TPSA) is 88.1 Å². The van der Waals surface area contributed by atoms with E-state index < -0.39 is 48.7 Å². The maximum atomic E-state index is 15.1. The predicted octanol–water partition coefficient (Wildman–Crippen LogP) is 4.38. The molecule has 7 nitrogen and oxygen atoms in total. The molecule has 0 saturated carbocycles. The van der Waals surface area contributed by atoms with E-state index in [-0.39, 0.29) is 16.7 Å². The summed E-state index contributed by atoms with van der Waals surface area (Å²) in [6.45, 7) is 1.48. The zero-order valence-electron chi connectivity index (χ0n) is 18.8. The number of carbonyl (C=O) groups excluding carboxylic acids is 3. The Bertz CT molecular complexity index is 1090. The van der Waals surface area contributed by atoms with Crippen LogP contribution in [0, 0.1) is 0 Å². The molecule has 1 heterocycles. The molecule has 5 atom stereocenters. The van der Waals surface area contributed by atoms with Gasteiger partial charge in [-0.1, -0.05) is 54.6 Å². The Hall–Kier alpha value is -4.04. The number of hydrogen-bond acceptors (Lipinski definition) is 7. The third-order valence-corrected chi connectivity index (χ3v) is 5.47. The fourth-order valence-corrected chi connectivity index (χ4v) is 3.68. The van der Waals surface area contributed by atoms with Crippen molar-refractivity contribution in [2.45, 2.75) is 37.7 Å². The van der Waals surface area contributed by atoms with E-state index in [2.05, 4.69) is 0 Å². The Balaban J connectivity index is 1.63. The highest BCUT2D eigenvalue weighted by molar-refractivity contribution is 5.91. The number of halogens is 1. The fraction of sp³-hybridized carbons (Fsp3) is 0.222. The molecule has 0 spiro atoms. The number of alkyl halides is 1. The molecule has 4 rings (SSSR count). The first-order valence-electron chi connectivity index (χ1n) is 11.0. The Morgan fingerprint density at radius 3 is 1.34 bits per heavy atom. The van der Waals surface area contributed by atoms with Crippen LogP contribution in [0.1, 0.15) is 38.0 Å². The van der Waals surface area contributed by atoms with Gasteiger partial charge >= 0.3 is 17.9 Å². The summed E-state index contributed by atoms with van der Waals surface area (Å²) < 4.78 is 37.0. The smallest absolute Gasteiger partial charge is 0.338 e. The van der Waals surface area contributed by atoms with E-state index in [0.29, 0.717) is 0 Å². The van der Waals surface area contributed by atoms with E-state index in [9.17, 15) is 14.4 Å². The summed E-state index contributed by atoms with van der Waals surface area (Å²) in [6.07, 6.45) is -7.53. The summed E-state index contributed by atoms with van der Waals surface area (Å²) in [5.74, 6) is -2.36. The second-order valence-electron chi connectivity index (χ2n) is 7.90. The van der Waals surface area contributed by atoms with E-state index >= 15 is 4.39 Å². The van der Waals surface area contributed by atoms with Gasteiger partial charge in [0.1, 0.15) is 0 Å². The zero-order chi connectivity index (χ0) is 24.8. The summed E-state index contributed by atoms with van der Waals surface area (Å²) in [6, 6.07) is 24.2. The number of hydrogen-bond donors (Lipinski definition) is 0. The fourth-order valence-electron chi connectivity index (χ4n) is 3.68. The van der Waals surface area contributed by atoms with Crippen LogP contribution in [-0.4, -0.2) is 48.7 Å². The van der Waals surface area contributed by atoms with Crippen molar-refractivity contribution in [3.05, 3.63) is 108 Å². The zero-order valence-corrected chi connectivity index (χ0v) is 18.8. The van der Waals surface area contributed by atoms with Crippen molar-refractivity contribution in [3.8, 4) is 0 Å². The predicted molar refractivity (Wildman–Crippen MR) is 122 cm³/mol. The third-order valence-electron chi connectivity index (χ3n) is 5.47. The second-order valence-corrected chi connectivity index (χ2v) is 7.90. The summed E-state index contributed by atoms with van der Waals surface area (Å²) in [4.78, 5) is 38.3. The Kier molecular flexibility index (Phi) is 7.52. The van der Waals surface area contributed by atoms with Gasteiger partial charge < -0.3 is 18.9 Å². The molecule has 1 saturated heterocycles. The van der Waals surface area contributed by atoms with Crippen molar-refractivity contribution in [2.24, 2.45) is 0 Å². The minimum absolute atomic E-state index is 0.171. The van der Waals surface area contributed by atoms with Crippen molar-refractivity contribution >= 4 is 17.9 Å². The molecular weight excluding hydrogens is 455 g/mol. The van der Waals surface area contributed by atoms with Gasteiger partial charge in [-0.15, -0.1) is 0 Å². The maximum Gasteiger partial charge on any atom is 0.338 e. The lowest BCUT2D eigenvalue weighted by Gasteiger charge is -2.41. The van der Waals surface area contributed by atoms with Crippen LogP contribution in [0.15, 0.2) is 91.0 Å². The van der Waals surface area contributed by atoms with Crippen LogP contribution in [0.4, 0.5) is 4.39 Å². The van der Waals surface area contributed by atoms with Gasteiger partial charge in [-0.2, -0.15) is 0 Å². The average molecular weight is 478 g/mol. The van der Waals surface area contributed by atoms with Crippen LogP contribution in [0.5, 0.6) is 0 Å². The molecule has 1 aliphatic heterocycles. The molecule has 35 heavy (non-hydrogen) atoms. The summed E-state index contributed by atoms with van der Waals surface area (Å²) in [7, 11) is 0. The molecule has 180 valence electrons. The van der Waals surface area contributed by atoms with Gasteiger partial charge in [-0.05, 0) is 43.3 Å². The van der Waals surface area contributed by atoms with Crippen molar-refractivity contribution in [1.29, 1.82) is 0 Å². The molecule has 1 fully saturated rings. The van der Waals surface area contributed by atoms with E-state index in [0.717, 1.165) is 0 Å². The van der Waals surface area contributed by atoms with Gasteiger partial charge in [-0.3, -0.25) is 0 Å². The molecule has 1 aliphatic rings. The monoisotopic (exact) mass is 478 g/mol. The normalized spacial score (nSPS) is 23.7. The van der Waals surface area contributed by atoms with E-state index in [1.165, 1.54) is 31.2 Å². The largest absolute Gasteiger partial charge is 0.452 e. The van der Waals surface area contributed by atoms with E-state index in [4.69, 9.17) is 18.9 Å². The maximum absolute atomic E-state index is 15.1. The standard InChI is InChI=1S/C27H23FO7/c1-17-21(33-25(29)18-11-5-2-6-12-18)22(34-26(30)19-13-7-3-8-14-19)23(24(28)32-17)35-27(31)20-15-9-4-10-16-20/h2-17,21-24H,1H3/t17-,21-,22+,23+,24+/m0/s1. The molecule has 0 amide bonds. The van der Waals surface area contributed by atoms with Crippen LogP contribution >= 0.6 is 0 Å². The van der Waals surface area contributed by atoms with Crippen LogP contribution in [0.2, 0.25) is 0 Å². The van der Waals surface area contributed by atoms with Crippen LogP contribution in [0.25, 0.3) is 0 Å². The lowest BCUT2D eigenvalue weighted by Crippen LogP contribution is -2.59. The Labute approximate surface area is 201 Å². The Morgan fingerprint density at radius 1 is 0.600 bits per heavy atom. The summed E-state index contributed by atoms with van der Waals surface area (Å²) in [5, 5.41) is 0. The highest BCUT2D eigenvalue weighted by atomic mass is 19.1. The first-order chi connectivity index (χ1) is 16.9. The lowest BCUT2D eigenvalue weighted by molar-refractivity contribution is -0.251. The second kappa shape index (κ2) is 10.9. The first kappa shape index (κ1) is 24.1.